The summed E-state index contributed by atoms with van der Waals surface area (Å²) in [6.07, 6.45) is -0.853. The van der Waals surface area contributed by atoms with Crippen LogP contribution in [-0.4, -0.2) is 37.2 Å². The number of hydrogen-bond donors (Lipinski definition) is 0. The van der Waals surface area contributed by atoms with E-state index in [-0.39, 0.29) is 5.78 Å². The van der Waals surface area contributed by atoms with E-state index in [0.29, 0.717) is 5.57 Å². The smallest absolute Gasteiger partial charge is 0.205 e. The lowest BCUT2D eigenvalue weighted by Gasteiger charge is -2.30. The van der Waals surface area contributed by atoms with Gasteiger partial charge in [-0.25, -0.2) is 4.39 Å². The molecule has 0 aliphatic carbocycles. The third kappa shape index (κ3) is 1.34. The highest BCUT2D eigenvalue weighted by Crippen LogP contribution is 2.19. The summed E-state index contributed by atoms with van der Waals surface area (Å²) in [5.41, 5.74) is 0.526. The molecule has 1 aliphatic heterocycles. The third-order valence-corrected chi connectivity index (χ3v) is 1.94. The predicted molar refractivity (Wildman–Crippen MR) is 42.2 cm³/mol. The van der Waals surface area contributed by atoms with Gasteiger partial charge in [0.1, 0.15) is 0 Å². The van der Waals surface area contributed by atoms with Gasteiger partial charge in [0.2, 0.25) is 6.30 Å². The lowest BCUT2D eigenvalue weighted by molar-refractivity contribution is -0.135. The normalized spacial score (nSPS) is 30.5. The molecule has 1 rings (SSSR count). The minimum absolute atomic E-state index is 0.275. The number of carbonyl (C=O) groups excluding carboxylic acids is 1. The first-order valence-electron chi connectivity index (χ1n) is 3.69. The number of hydrogen-bond acceptors (Lipinski definition) is 3. The highest BCUT2D eigenvalue weighted by molar-refractivity contribution is 5.99. The number of methoxy groups -OCH3 is 1. The highest BCUT2D eigenvalue weighted by atomic mass is 19.1. The van der Waals surface area contributed by atoms with Crippen LogP contribution in [0.4, 0.5) is 4.39 Å². The molecule has 0 aromatic rings. The number of alkyl halides is 1. The summed E-state index contributed by atoms with van der Waals surface area (Å²) in [4.78, 5) is 12.6. The second kappa shape index (κ2) is 3.23. The monoisotopic (exact) mass is 173 g/mol. The fourth-order valence-corrected chi connectivity index (χ4v) is 1.22. The molecule has 0 amide bonds. The molecule has 2 atom stereocenters. The van der Waals surface area contributed by atoms with E-state index in [9.17, 15) is 9.18 Å². The molecule has 0 spiro atoms. The second-order valence-electron chi connectivity index (χ2n) is 2.87. The molecule has 2 unspecified atom stereocenters. The molecule has 0 aromatic carbocycles. The zero-order valence-electron chi connectivity index (χ0n) is 7.37. The molecule has 0 saturated carbocycles. The molecule has 0 bridgehead atoms. The maximum atomic E-state index is 13.2. The van der Waals surface area contributed by atoms with E-state index in [1.807, 2.05) is 0 Å². The zero-order valence-corrected chi connectivity index (χ0v) is 7.37. The molecule has 1 aliphatic rings. The van der Waals surface area contributed by atoms with Gasteiger partial charge < -0.3 is 9.64 Å². The quantitative estimate of drug-likeness (QED) is 0.547. The molecular weight excluding hydrogens is 161 g/mol. The van der Waals surface area contributed by atoms with E-state index in [1.165, 1.54) is 18.2 Å². The van der Waals surface area contributed by atoms with Crippen molar-refractivity contribution in [2.75, 3.05) is 14.2 Å². The second-order valence-corrected chi connectivity index (χ2v) is 2.87. The van der Waals surface area contributed by atoms with Crippen LogP contribution in [0, 0.1) is 0 Å². The van der Waals surface area contributed by atoms with Gasteiger partial charge in [-0.2, -0.15) is 0 Å². The number of likely N-dealkylation sites (N-methyl/N-ethyl adjacent to an activating group) is 1. The van der Waals surface area contributed by atoms with Crippen molar-refractivity contribution >= 4 is 5.78 Å². The van der Waals surface area contributed by atoms with Gasteiger partial charge in [-0.3, -0.25) is 4.79 Å². The lowest BCUT2D eigenvalue weighted by Crippen LogP contribution is -2.45. The number of ether oxygens (including phenoxy) is 1. The molecule has 0 fully saturated rings. The van der Waals surface area contributed by atoms with Crippen LogP contribution in [0.5, 0.6) is 0 Å². The Kier molecular flexibility index (Phi) is 2.47. The van der Waals surface area contributed by atoms with Gasteiger partial charge in [0.25, 0.3) is 0 Å². The van der Waals surface area contributed by atoms with Crippen molar-refractivity contribution in [2.24, 2.45) is 0 Å². The van der Waals surface area contributed by atoms with Gasteiger partial charge in [-0.1, -0.05) is 0 Å². The van der Waals surface area contributed by atoms with Crippen LogP contribution in [0.1, 0.15) is 6.92 Å². The number of carbonyl (C=O) groups is 1. The van der Waals surface area contributed by atoms with Crippen molar-refractivity contribution in [1.29, 1.82) is 0 Å². The average molecular weight is 173 g/mol. The molecule has 12 heavy (non-hydrogen) atoms. The van der Waals surface area contributed by atoms with Crippen LogP contribution in [0.2, 0.25) is 0 Å². The van der Waals surface area contributed by atoms with Gasteiger partial charge in [0, 0.05) is 25.9 Å². The fraction of sp³-hybridized carbons (Fsp3) is 0.625. The Hall–Kier alpha value is -0.900. The Morgan fingerprint density at radius 3 is 2.75 bits per heavy atom. The van der Waals surface area contributed by atoms with Crippen molar-refractivity contribution in [3.63, 3.8) is 0 Å². The first kappa shape index (κ1) is 9.19. The number of Topliss-reactive ketones (excluding diaryl/α,β-unsaturated/α-hetero) is 1. The summed E-state index contributed by atoms with van der Waals surface area (Å²) >= 11 is 0. The molecule has 3 nitrogen and oxygen atoms in total. The molecule has 0 aromatic heterocycles. The standard InChI is InChI=1S/C8H12FNO2/c1-5-4-10(2)8(9)7(12-3)6(5)11/h4,7-8H,1-3H3. The third-order valence-electron chi connectivity index (χ3n) is 1.94. The van der Waals surface area contributed by atoms with E-state index in [0.717, 1.165) is 0 Å². The van der Waals surface area contributed by atoms with Crippen LogP contribution in [0.25, 0.3) is 0 Å². The average Bonchev–Trinajstić information content (AvgIpc) is 2.02. The summed E-state index contributed by atoms with van der Waals surface area (Å²) in [6, 6.07) is 0. The Morgan fingerprint density at radius 1 is 1.67 bits per heavy atom. The minimum atomic E-state index is -1.37. The summed E-state index contributed by atoms with van der Waals surface area (Å²) in [5, 5.41) is 0. The fourth-order valence-electron chi connectivity index (χ4n) is 1.22. The number of ketones is 1. The molecule has 0 radical (unpaired) electrons. The molecule has 68 valence electrons. The predicted octanol–water partition coefficient (Wildman–Crippen LogP) is 0.715. The lowest BCUT2D eigenvalue weighted by atomic mass is 10.0. The first-order chi connectivity index (χ1) is 5.57. The number of rotatable bonds is 1. The SMILES string of the molecule is COC1C(=O)C(C)=CN(C)C1F. The largest absolute Gasteiger partial charge is 0.368 e. The molecule has 4 heteroatoms. The Balaban J connectivity index is 2.91. The van der Waals surface area contributed by atoms with Crippen LogP contribution >= 0.6 is 0 Å². The summed E-state index contributed by atoms with van der Waals surface area (Å²) in [7, 11) is 2.91. The van der Waals surface area contributed by atoms with Crippen molar-refractivity contribution in [3.8, 4) is 0 Å². The van der Waals surface area contributed by atoms with Gasteiger partial charge in [-0.05, 0) is 6.92 Å². The van der Waals surface area contributed by atoms with Crippen molar-refractivity contribution in [3.05, 3.63) is 11.8 Å². The Labute approximate surface area is 70.8 Å². The van der Waals surface area contributed by atoms with Crippen molar-refractivity contribution in [1.82, 2.24) is 4.90 Å². The van der Waals surface area contributed by atoms with Crippen molar-refractivity contribution < 1.29 is 13.9 Å². The van der Waals surface area contributed by atoms with Gasteiger partial charge in [-0.15, -0.1) is 0 Å². The maximum Gasteiger partial charge on any atom is 0.205 e. The highest BCUT2D eigenvalue weighted by Gasteiger charge is 2.34. The van der Waals surface area contributed by atoms with E-state index in [2.05, 4.69) is 0 Å². The van der Waals surface area contributed by atoms with E-state index >= 15 is 0 Å². The topological polar surface area (TPSA) is 29.5 Å². The molecular formula is C8H12FNO2. The van der Waals surface area contributed by atoms with Gasteiger partial charge >= 0.3 is 0 Å². The van der Waals surface area contributed by atoms with E-state index in [4.69, 9.17) is 4.74 Å². The van der Waals surface area contributed by atoms with Gasteiger partial charge in [0.15, 0.2) is 11.9 Å². The molecule has 0 N–H and O–H groups in total. The summed E-state index contributed by atoms with van der Waals surface area (Å²) in [6.45, 7) is 1.65. The summed E-state index contributed by atoms with van der Waals surface area (Å²) < 4.78 is 18.0. The van der Waals surface area contributed by atoms with E-state index < -0.39 is 12.4 Å². The van der Waals surface area contributed by atoms with Crippen LogP contribution in [-0.2, 0) is 9.53 Å². The zero-order chi connectivity index (χ0) is 9.30. The Morgan fingerprint density at radius 2 is 2.25 bits per heavy atom. The maximum absolute atomic E-state index is 13.2. The Bertz CT molecular complexity index is 227. The van der Waals surface area contributed by atoms with Gasteiger partial charge in [0.05, 0.1) is 0 Å². The van der Waals surface area contributed by atoms with Crippen LogP contribution < -0.4 is 0 Å². The molecule has 0 saturated heterocycles. The molecule has 1 heterocycles. The number of nitrogens with zero attached hydrogens (tertiary/aromatic N) is 1. The minimum Gasteiger partial charge on any atom is -0.368 e. The van der Waals surface area contributed by atoms with Crippen LogP contribution in [0.3, 0.4) is 0 Å². The van der Waals surface area contributed by atoms with E-state index in [1.54, 1.807) is 14.0 Å². The van der Waals surface area contributed by atoms with Crippen molar-refractivity contribution in [2.45, 2.75) is 19.3 Å². The summed E-state index contributed by atoms with van der Waals surface area (Å²) in [5.74, 6) is -0.275. The first-order valence-corrected chi connectivity index (χ1v) is 3.69. The number of halogens is 1. The van der Waals surface area contributed by atoms with Crippen LogP contribution in [0.15, 0.2) is 11.8 Å².